The molecule has 0 saturated carbocycles. The van der Waals surface area contributed by atoms with Crippen LogP contribution in [0.5, 0.6) is 0 Å². The molecule has 2 amide bonds. The summed E-state index contributed by atoms with van der Waals surface area (Å²) in [5, 5.41) is 20.6. The van der Waals surface area contributed by atoms with E-state index in [1.54, 1.807) is 18.2 Å². The van der Waals surface area contributed by atoms with Crippen LogP contribution in [0.1, 0.15) is 18.4 Å². The number of carbonyl (C=O) groups excluding carboxylic acids is 3. The van der Waals surface area contributed by atoms with Gasteiger partial charge in [0.2, 0.25) is 5.91 Å². The van der Waals surface area contributed by atoms with E-state index >= 15 is 0 Å². The highest BCUT2D eigenvalue weighted by Gasteiger charge is 2.67. The summed E-state index contributed by atoms with van der Waals surface area (Å²) in [6, 6.07) is 7.75. The number of nitrogens with one attached hydrogen (secondary N) is 1. The van der Waals surface area contributed by atoms with Crippen LogP contribution in [-0.2, 0) is 33.4 Å². The normalized spacial score (nSPS) is 23.0. The fraction of sp³-hybridized carbons (Fsp3) is 0.350. The number of aliphatic carboxylic acids is 2. The Morgan fingerprint density at radius 2 is 1.91 bits per heavy atom. The van der Waals surface area contributed by atoms with Gasteiger partial charge in [-0.05, 0) is 5.56 Å². The number of nitrogens with zero attached hydrogens (tertiary/aromatic N) is 1. The second-order valence-electron chi connectivity index (χ2n) is 6.99. The van der Waals surface area contributed by atoms with Crippen molar-refractivity contribution in [1.82, 2.24) is 10.2 Å². The van der Waals surface area contributed by atoms with E-state index in [1.165, 1.54) is 19.1 Å². The Balaban J connectivity index is 1.89. The van der Waals surface area contributed by atoms with Gasteiger partial charge in [0, 0.05) is 25.4 Å². The molecule has 1 saturated heterocycles. The predicted molar refractivity (Wildman–Crippen MR) is 109 cm³/mol. The highest BCUT2D eigenvalue weighted by atomic mass is 32.2. The van der Waals surface area contributed by atoms with Gasteiger partial charge < -0.3 is 25.0 Å². The first-order valence-corrected chi connectivity index (χ1v) is 10.4. The highest BCUT2D eigenvalue weighted by Crippen LogP contribution is 2.46. The zero-order valence-corrected chi connectivity index (χ0v) is 17.9. The van der Waals surface area contributed by atoms with Gasteiger partial charge in [-0.25, -0.2) is 4.79 Å². The number of thioether (sulfide) groups is 1. The molecule has 3 atom stereocenters. The standard InChI is InChI=1S/C20H20N2O9S/c1-10(23)31-8-12-9-32-19-20(30-2,18(29)22(19)14(12)17(27)28)21-15(24)13(16(25)26)11-6-4-3-5-7-11/h3-7,13,19H,8-9H2,1-2H3,(H,21,24)(H,25,26)(H,27,28)/t13?,19-,20+/m1/s1. The SMILES string of the molecule is CO[C@@]1(NC(=O)C(C(=O)O)c2ccccc2)C(=O)N2C(C(=O)O)=C(COC(C)=O)CS[C@@H]21. The minimum Gasteiger partial charge on any atom is -0.480 e. The van der Waals surface area contributed by atoms with E-state index in [4.69, 9.17) is 9.47 Å². The maximum Gasteiger partial charge on any atom is 0.352 e. The molecule has 2 aliphatic heterocycles. The second-order valence-corrected chi connectivity index (χ2v) is 8.06. The van der Waals surface area contributed by atoms with E-state index < -0.39 is 46.7 Å². The molecular weight excluding hydrogens is 444 g/mol. The van der Waals surface area contributed by atoms with Crippen molar-refractivity contribution in [3.05, 3.63) is 47.2 Å². The molecule has 0 radical (unpaired) electrons. The summed E-state index contributed by atoms with van der Waals surface area (Å²) in [4.78, 5) is 61.6. The van der Waals surface area contributed by atoms with E-state index in [0.29, 0.717) is 0 Å². The number of carboxylic acid groups (broad SMARTS) is 2. The second kappa shape index (κ2) is 9.01. The van der Waals surface area contributed by atoms with Crippen molar-refractivity contribution in [2.24, 2.45) is 0 Å². The quantitative estimate of drug-likeness (QED) is 0.209. The van der Waals surface area contributed by atoms with Gasteiger partial charge in [0.1, 0.15) is 17.7 Å². The third-order valence-corrected chi connectivity index (χ3v) is 6.41. The summed E-state index contributed by atoms with van der Waals surface area (Å²) in [6.45, 7) is 0.869. The fourth-order valence-electron chi connectivity index (χ4n) is 3.55. The molecule has 2 heterocycles. The van der Waals surface area contributed by atoms with Crippen molar-refractivity contribution in [1.29, 1.82) is 0 Å². The number of fused-ring (bicyclic) bond motifs is 1. The molecule has 2 aliphatic rings. The first kappa shape index (κ1) is 23.3. The molecule has 1 fully saturated rings. The van der Waals surface area contributed by atoms with Crippen LogP contribution in [0.4, 0.5) is 0 Å². The Morgan fingerprint density at radius 3 is 2.44 bits per heavy atom. The first-order chi connectivity index (χ1) is 15.1. The summed E-state index contributed by atoms with van der Waals surface area (Å²) in [7, 11) is 1.16. The third kappa shape index (κ3) is 3.94. The smallest absolute Gasteiger partial charge is 0.352 e. The van der Waals surface area contributed by atoms with E-state index in [9.17, 15) is 34.2 Å². The van der Waals surface area contributed by atoms with Crippen LogP contribution in [0, 0.1) is 0 Å². The molecule has 0 aromatic heterocycles. The number of hydrogen-bond acceptors (Lipinski definition) is 8. The average molecular weight is 464 g/mol. The lowest BCUT2D eigenvalue weighted by molar-refractivity contribution is -0.193. The van der Waals surface area contributed by atoms with Crippen LogP contribution in [0.15, 0.2) is 41.6 Å². The predicted octanol–water partition coefficient (Wildman–Crippen LogP) is 0.131. The molecule has 11 nitrogen and oxygen atoms in total. The van der Waals surface area contributed by atoms with Gasteiger partial charge in [-0.15, -0.1) is 11.8 Å². The molecule has 1 unspecified atom stereocenters. The van der Waals surface area contributed by atoms with Crippen LogP contribution < -0.4 is 5.32 Å². The number of rotatable bonds is 8. The Hall–Kier alpha value is -3.38. The number of carboxylic acids is 2. The first-order valence-electron chi connectivity index (χ1n) is 9.33. The summed E-state index contributed by atoms with van der Waals surface area (Å²) >= 11 is 1.09. The van der Waals surface area contributed by atoms with E-state index in [1.807, 2.05) is 0 Å². The molecular formula is C20H20N2O9S. The lowest BCUT2D eigenvalue weighted by Crippen LogP contribution is -2.81. The molecule has 0 aliphatic carbocycles. The number of esters is 1. The van der Waals surface area contributed by atoms with Crippen molar-refractivity contribution in [2.75, 3.05) is 19.5 Å². The van der Waals surface area contributed by atoms with Crippen LogP contribution >= 0.6 is 11.8 Å². The van der Waals surface area contributed by atoms with Crippen molar-refractivity contribution < 1.29 is 43.7 Å². The summed E-state index contributed by atoms with van der Waals surface area (Å²) in [5.41, 5.74) is -1.89. The van der Waals surface area contributed by atoms with Gasteiger partial charge in [-0.1, -0.05) is 30.3 Å². The van der Waals surface area contributed by atoms with Crippen molar-refractivity contribution in [2.45, 2.75) is 23.9 Å². The number of amides is 2. The van der Waals surface area contributed by atoms with Crippen molar-refractivity contribution in [3.63, 3.8) is 0 Å². The lowest BCUT2D eigenvalue weighted by Gasteiger charge is -2.55. The molecule has 32 heavy (non-hydrogen) atoms. The Labute approximate surface area is 186 Å². The van der Waals surface area contributed by atoms with E-state index in [-0.39, 0.29) is 29.2 Å². The maximum atomic E-state index is 13.0. The number of carbonyl (C=O) groups is 5. The van der Waals surface area contributed by atoms with Gasteiger partial charge in [0.15, 0.2) is 5.92 Å². The van der Waals surface area contributed by atoms with E-state index in [2.05, 4.69) is 5.32 Å². The van der Waals surface area contributed by atoms with Crippen LogP contribution in [0.25, 0.3) is 0 Å². The topological polar surface area (TPSA) is 160 Å². The summed E-state index contributed by atoms with van der Waals surface area (Å²) in [6.07, 6.45) is 0. The largest absolute Gasteiger partial charge is 0.480 e. The van der Waals surface area contributed by atoms with E-state index in [0.717, 1.165) is 23.8 Å². The minimum absolute atomic E-state index is 0.0887. The minimum atomic E-state index is -1.95. The Kier molecular flexibility index (Phi) is 6.55. The van der Waals surface area contributed by atoms with Gasteiger partial charge in [-0.2, -0.15) is 0 Å². The highest BCUT2D eigenvalue weighted by molar-refractivity contribution is 8.00. The molecule has 0 spiro atoms. The average Bonchev–Trinajstić information content (AvgIpc) is 2.75. The number of ether oxygens (including phenoxy) is 2. The zero-order valence-electron chi connectivity index (χ0n) is 17.1. The van der Waals surface area contributed by atoms with Crippen LogP contribution in [0.3, 0.4) is 0 Å². The number of methoxy groups -OCH3 is 1. The number of β-lactam (4-membered cyclic amide) rings is 1. The van der Waals surface area contributed by atoms with Crippen LogP contribution in [0.2, 0.25) is 0 Å². The number of hydrogen-bond donors (Lipinski definition) is 3. The summed E-state index contributed by atoms with van der Waals surface area (Å²) in [5.74, 6) is -6.81. The molecule has 12 heteroatoms. The van der Waals surface area contributed by atoms with Crippen LogP contribution in [-0.4, -0.2) is 75.4 Å². The molecule has 1 aromatic carbocycles. The summed E-state index contributed by atoms with van der Waals surface area (Å²) < 4.78 is 10.2. The molecule has 0 bridgehead atoms. The lowest BCUT2D eigenvalue weighted by atomic mass is 9.94. The van der Waals surface area contributed by atoms with Crippen molar-refractivity contribution >= 4 is 41.5 Å². The fourth-order valence-corrected chi connectivity index (χ4v) is 4.97. The van der Waals surface area contributed by atoms with Gasteiger partial charge in [0.25, 0.3) is 11.6 Å². The van der Waals surface area contributed by atoms with Gasteiger partial charge in [0.05, 0.1) is 0 Å². The number of benzene rings is 1. The Morgan fingerprint density at radius 1 is 1.25 bits per heavy atom. The molecule has 1 aromatic rings. The maximum absolute atomic E-state index is 13.0. The molecule has 170 valence electrons. The zero-order chi connectivity index (χ0) is 23.6. The third-order valence-electron chi connectivity index (χ3n) is 5.04. The molecule has 3 N–H and O–H groups in total. The molecule has 3 rings (SSSR count). The Bertz CT molecular complexity index is 1010. The monoisotopic (exact) mass is 464 g/mol. The van der Waals surface area contributed by atoms with Crippen molar-refractivity contribution in [3.8, 4) is 0 Å². The van der Waals surface area contributed by atoms with Gasteiger partial charge in [-0.3, -0.25) is 24.1 Å². The van der Waals surface area contributed by atoms with Gasteiger partial charge >= 0.3 is 17.9 Å².